The van der Waals surface area contributed by atoms with Gasteiger partial charge in [0, 0.05) is 35.7 Å². The van der Waals surface area contributed by atoms with Gasteiger partial charge in [-0.1, -0.05) is 42.8 Å². The van der Waals surface area contributed by atoms with E-state index in [2.05, 4.69) is 22.8 Å². The molecule has 0 fully saturated rings. The summed E-state index contributed by atoms with van der Waals surface area (Å²) in [6.07, 6.45) is 6.47. The maximum atomic E-state index is 12.2. The van der Waals surface area contributed by atoms with Crippen LogP contribution in [0.15, 0.2) is 48.6 Å². The molecule has 0 saturated carbocycles. The van der Waals surface area contributed by atoms with Crippen molar-refractivity contribution >= 4 is 34.6 Å². The summed E-state index contributed by atoms with van der Waals surface area (Å²) in [6.45, 7) is 1.98. The van der Waals surface area contributed by atoms with Gasteiger partial charge >= 0.3 is 0 Å². The SMILES string of the molecule is CCCC(=O)Nc1ccc(Cl)c2c1C1C=CCC1C(c1ccc([N+](=O)[O-])cc1)N2. The van der Waals surface area contributed by atoms with E-state index in [1.807, 2.05) is 13.0 Å². The van der Waals surface area contributed by atoms with Crippen molar-refractivity contribution in [2.24, 2.45) is 5.92 Å². The van der Waals surface area contributed by atoms with E-state index in [-0.39, 0.29) is 29.5 Å². The number of carbonyl (C=O) groups excluding carboxylic acids is 1. The van der Waals surface area contributed by atoms with Crippen molar-refractivity contribution in [1.82, 2.24) is 0 Å². The van der Waals surface area contributed by atoms with Crippen LogP contribution in [0.2, 0.25) is 5.02 Å². The summed E-state index contributed by atoms with van der Waals surface area (Å²) in [6, 6.07) is 10.3. The summed E-state index contributed by atoms with van der Waals surface area (Å²) in [5, 5.41) is 18.2. The first-order chi connectivity index (χ1) is 14.0. The number of nitrogens with zero attached hydrogens (tertiary/aromatic N) is 1. The highest BCUT2D eigenvalue weighted by Crippen LogP contribution is 2.53. The highest BCUT2D eigenvalue weighted by Gasteiger charge is 2.40. The molecule has 1 amide bonds. The zero-order valence-corrected chi connectivity index (χ0v) is 16.8. The second kappa shape index (κ2) is 7.87. The fraction of sp³-hybridized carbons (Fsp3) is 0.318. The van der Waals surface area contributed by atoms with E-state index in [4.69, 9.17) is 11.6 Å². The van der Waals surface area contributed by atoms with Crippen LogP contribution in [-0.2, 0) is 4.79 Å². The van der Waals surface area contributed by atoms with Gasteiger partial charge in [0.1, 0.15) is 0 Å². The Kier molecular flexibility index (Phi) is 5.28. The summed E-state index contributed by atoms with van der Waals surface area (Å²) in [5.41, 5.74) is 3.68. The standard InChI is InChI=1S/C22H22ClN3O3/c1-2-4-19(27)24-18-12-11-17(23)22-20(18)15-5-3-6-16(15)21(25-22)13-7-9-14(10-8-13)26(28)29/h3,5,7-12,15-16,21,25H,2,4,6H2,1H3,(H,24,27). The smallest absolute Gasteiger partial charge is 0.269 e. The number of nitro groups is 1. The van der Waals surface area contributed by atoms with Crippen molar-refractivity contribution in [1.29, 1.82) is 0 Å². The zero-order chi connectivity index (χ0) is 20.5. The molecule has 7 heteroatoms. The first kappa shape index (κ1) is 19.5. The minimum Gasteiger partial charge on any atom is -0.376 e. The van der Waals surface area contributed by atoms with E-state index in [0.717, 1.165) is 35.3 Å². The molecule has 4 rings (SSSR count). The summed E-state index contributed by atoms with van der Waals surface area (Å²) in [7, 11) is 0. The van der Waals surface area contributed by atoms with Crippen LogP contribution in [0.3, 0.4) is 0 Å². The normalized spacial score (nSPS) is 21.8. The van der Waals surface area contributed by atoms with Crippen LogP contribution in [0.5, 0.6) is 0 Å². The van der Waals surface area contributed by atoms with Gasteiger partial charge < -0.3 is 10.6 Å². The lowest BCUT2D eigenvalue weighted by Crippen LogP contribution is -2.30. The molecule has 0 radical (unpaired) electrons. The van der Waals surface area contributed by atoms with Gasteiger partial charge in [-0.3, -0.25) is 14.9 Å². The summed E-state index contributed by atoms with van der Waals surface area (Å²) < 4.78 is 0. The predicted molar refractivity (Wildman–Crippen MR) is 114 cm³/mol. The fourth-order valence-electron chi connectivity index (χ4n) is 4.36. The minimum absolute atomic E-state index is 0.00644. The number of carbonyl (C=O) groups is 1. The van der Waals surface area contributed by atoms with E-state index >= 15 is 0 Å². The third-order valence-electron chi connectivity index (χ3n) is 5.68. The summed E-state index contributed by atoms with van der Waals surface area (Å²) in [5.74, 6) is 0.347. The number of fused-ring (bicyclic) bond motifs is 3. The van der Waals surface area contributed by atoms with Crippen LogP contribution in [0.1, 0.15) is 49.3 Å². The minimum atomic E-state index is -0.393. The van der Waals surface area contributed by atoms with Crippen molar-refractivity contribution < 1.29 is 9.72 Å². The van der Waals surface area contributed by atoms with Gasteiger partial charge in [-0.2, -0.15) is 0 Å². The van der Waals surface area contributed by atoms with Gasteiger partial charge in [0.05, 0.1) is 21.7 Å². The Morgan fingerprint density at radius 1 is 1.28 bits per heavy atom. The molecule has 3 atom stereocenters. The maximum Gasteiger partial charge on any atom is 0.269 e. The molecular weight excluding hydrogens is 390 g/mol. The van der Waals surface area contributed by atoms with E-state index < -0.39 is 4.92 Å². The number of benzene rings is 2. The van der Waals surface area contributed by atoms with Crippen LogP contribution < -0.4 is 10.6 Å². The third-order valence-corrected chi connectivity index (χ3v) is 6.00. The lowest BCUT2D eigenvalue weighted by molar-refractivity contribution is -0.384. The van der Waals surface area contributed by atoms with Crippen molar-refractivity contribution in [2.75, 3.05) is 10.6 Å². The molecule has 29 heavy (non-hydrogen) atoms. The lowest BCUT2D eigenvalue weighted by Gasteiger charge is -2.39. The highest BCUT2D eigenvalue weighted by atomic mass is 35.5. The monoisotopic (exact) mass is 411 g/mol. The second-order valence-electron chi connectivity index (χ2n) is 7.51. The van der Waals surface area contributed by atoms with Crippen molar-refractivity contribution in [2.45, 2.75) is 38.1 Å². The molecule has 2 aliphatic rings. The number of rotatable bonds is 5. The molecule has 1 aliphatic carbocycles. The Labute approximate surface area is 174 Å². The molecule has 1 aliphatic heterocycles. The zero-order valence-electron chi connectivity index (χ0n) is 16.0. The molecular formula is C22H22ClN3O3. The van der Waals surface area contributed by atoms with Gasteiger partial charge in [-0.25, -0.2) is 0 Å². The lowest BCUT2D eigenvalue weighted by atomic mass is 9.76. The molecule has 2 N–H and O–H groups in total. The highest BCUT2D eigenvalue weighted by molar-refractivity contribution is 6.33. The van der Waals surface area contributed by atoms with Crippen molar-refractivity contribution in [3.63, 3.8) is 0 Å². The van der Waals surface area contributed by atoms with Crippen LogP contribution in [-0.4, -0.2) is 10.8 Å². The Hall–Kier alpha value is -2.86. The molecule has 3 unspecified atom stereocenters. The van der Waals surface area contributed by atoms with Crippen LogP contribution in [0.25, 0.3) is 0 Å². The molecule has 0 spiro atoms. The van der Waals surface area contributed by atoms with Crippen LogP contribution >= 0.6 is 11.6 Å². The van der Waals surface area contributed by atoms with E-state index in [1.54, 1.807) is 18.2 Å². The summed E-state index contributed by atoms with van der Waals surface area (Å²) in [4.78, 5) is 22.8. The average Bonchev–Trinajstić information content (AvgIpc) is 3.19. The topological polar surface area (TPSA) is 84.3 Å². The number of non-ortho nitro benzene ring substituents is 1. The Balaban J connectivity index is 1.73. The second-order valence-corrected chi connectivity index (χ2v) is 7.91. The van der Waals surface area contributed by atoms with E-state index in [9.17, 15) is 14.9 Å². The van der Waals surface area contributed by atoms with Gasteiger partial charge in [0.25, 0.3) is 5.69 Å². The van der Waals surface area contributed by atoms with Crippen molar-refractivity contribution in [3.8, 4) is 0 Å². The molecule has 1 heterocycles. The van der Waals surface area contributed by atoms with Gasteiger partial charge in [-0.05, 0) is 36.5 Å². The fourth-order valence-corrected chi connectivity index (χ4v) is 4.58. The maximum absolute atomic E-state index is 12.2. The number of halogens is 1. The first-order valence-corrected chi connectivity index (χ1v) is 10.2. The summed E-state index contributed by atoms with van der Waals surface area (Å²) >= 11 is 6.53. The predicted octanol–water partition coefficient (Wildman–Crippen LogP) is 5.81. The Morgan fingerprint density at radius 2 is 2.03 bits per heavy atom. The van der Waals surface area contributed by atoms with E-state index in [1.165, 1.54) is 12.1 Å². The number of allylic oxidation sites excluding steroid dienone is 2. The van der Waals surface area contributed by atoms with Gasteiger partial charge in [-0.15, -0.1) is 0 Å². The number of anilines is 2. The number of hydrogen-bond donors (Lipinski definition) is 2. The number of hydrogen-bond acceptors (Lipinski definition) is 4. The quantitative estimate of drug-likeness (QED) is 0.369. The van der Waals surface area contributed by atoms with Crippen LogP contribution in [0.4, 0.5) is 17.1 Å². The molecule has 150 valence electrons. The molecule has 0 aromatic heterocycles. The van der Waals surface area contributed by atoms with Crippen molar-refractivity contribution in [3.05, 3.63) is 74.8 Å². The largest absolute Gasteiger partial charge is 0.376 e. The molecule has 6 nitrogen and oxygen atoms in total. The Morgan fingerprint density at radius 3 is 2.72 bits per heavy atom. The third kappa shape index (κ3) is 3.60. The molecule has 0 bridgehead atoms. The van der Waals surface area contributed by atoms with Gasteiger partial charge in [0.2, 0.25) is 5.91 Å². The average molecular weight is 412 g/mol. The van der Waals surface area contributed by atoms with E-state index in [0.29, 0.717) is 11.4 Å². The molecule has 0 saturated heterocycles. The number of amides is 1. The number of nitro benzene ring substituents is 1. The van der Waals surface area contributed by atoms with Gasteiger partial charge in [0.15, 0.2) is 0 Å². The molecule has 2 aromatic carbocycles. The first-order valence-electron chi connectivity index (χ1n) is 9.79. The molecule has 2 aromatic rings. The van der Waals surface area contributed by atoms with Crippen LogP contribution in [0, 0.1) is 16.0 Å². The Bertz CT molecular complexity index is 988. The number of nitrogens with one attached hydrogen (secondary N) is 2.